The number of nitrogens with two attached hydrogens (primary N) is 1. The highest BCUT2D eigenvalue weighted by molar-refractivity contribution is 5.78. The lowest BCUT2D eigenvalue weighted by molar-refractivity contribution is -0.157. The van der Waals surface area contributed by atoms with E-state index in [4.69, 9.17) is 10.5 Å². The van der Waals surface area contributed by atoms with Crippen LogP contribution in [0.25, 0.3) is 0 Å². The quantitative estimate of drug-likeness (QED) is 0.746. The van der Waals surface area contributed by atoms with Gasteiger partial charge in [-0.05, 0) is 32.3 Å². The molecule has 1 aromatic heterocycles. The fourth-order valence-corrected chi connectivity index (χ4v) is 2.61. The van der Waals surface area contributed by atoms with Crippen molar-refractivity contribution in [2.75, 3.05) is 13.2 Å². The minimum Gasteiger partial charge on any atom is -0.466 e. The zero-order valence-corrected chi connectivity index (χ0v) is 14.0. The molecule has 21 heavy (non-hydrogen) atoms. The summed E-state index contributed by atoms with van der Waals surface area (Å²) in [6.45, 7) is 11.5. The number of hydrogen-bond donors (Lipinski definition) is 1. The van der Waals surface area contributed by atoms with Crippen LogP contribution in [0.2, 0.25) is 0 Å². The highest BCUT2D eigenvalue weighted by atomic mass is 16.5. The molecule has 5 heteroatoms. The summed E-state index contributed by atoms with van der Waals surface area (Å²) in [4.78, 5) is 12.5. The van der Waals surface area contributed by atoms with Gasteiger partial charge in [-0.3, -0.25) is 9.48 Å². The Balaban J connectivity index is 3.17. The summed E-state index contributed by atoms with van der Waals surface area (Å²) < 4.78 is 7.25. The minimum atomic E-state index is -0.687. The SMILES string of the molecule is CCOC(=O)C(CN)(Cc1cc(CC)nn1CC)C(C)C. The second kappa shape index (κ2) is 7.59. The topological polar surface area (TPSA) is 70.1 Å². The number of aromatic nitrogens is 2. The van der Waals surface area contributed by atoms with Gasteiger partial charge in [0.2, 0.25) is 0 Å². The number of aryl methyl sites for hydroxylation is 2. The number of nitrogens with zero attached hydrogens (tertiary/aromatic N) is 2. The number of carbonyl (C=O) groups is 1. The third-order valence-corrected chi connectivity index (χ3v) is 4.22. The maximum absolute atomic E-state index is 12.5. The monoisotopic (exact) mass is 295 g/mol. The summed E-state index contributed by atoms with van der Waals surface area (Å²) in [6, 6.07) is 2.08. The van der Waals surface area contributed by atoms with Crippen molar-refractivity contribution in [3.63, 3.8) is 0 Å². The molecule has 0 saturated carbocycles. The van der Waals surface area contributed by atoms with Crippen molar-refractivity contribution in [2.24, 2.45) is 17.1 Å². The predicted molar refractivity (Wildman–Crippen MR) is 83.9 cm³/mol. The summed E-state index contributed by atoms with van der Waals surface area (Å²) in [5.74, 6) is -0.101. The maximum Gasteiger partial charge on any atom is 0.314 e. The lowest BCUT2D eigenvalue weighted by Crippen LogP contribution is -2.46. The van der Waals surface area contributed by atoms with Gasteiger partial charge in [-0.15, -0.1) is 0 Å². The first-order chi connectivity index (χ1) is 9.94. The van der Waals surface area contributed by atoms with Crippen molar-refractivity contribution in [3.05, 3.63) is 17.5 Å². The smallest absolute Gasteiger partial charge is 0.314 e. The molecule has 1 rings (SSSR count). The Hall–Kier alpha value is -1.36. The first kappa shape index (κ1) is 17.7. The van der Waals surface area contributed by atoms with Crippen LogP contribution in [-0.4, -0.2) is 28.9 Å². The van der Waals surface area contributed by atoms with Gasteiger partial charge in [0.05, 0.1) is 17.7 Å². The molecule has 1 aromatic rings. The minimum absolute atomic E-state index is 0.104. The first-order valence-corrected chi connectivity index (χ1v) is 7.87. The zero-order chi connectivity index (χ0) is 16.0. The molecule has 0 aliphatic heterocycles. The molecule has 1 atom stereocenters. The van der Waals surface area contributed by atoms with Crippen LogP contribution in [0.15, 0.2) is 6.07 Å². The standard InChI is InChI=1S/C16H29N3O2/c1-6-13-9-14(19(7-2)18-13)10-16(11-17,12(4)5)15(20)21-8-3/h9,12H,6-8,10-11,17H2,1-5H3. The number of esters is 1. The van der Waals surface area contributed by atoms with Crippen molar-refractivity contribution in [3.8, 4) is 0 Å². The summed E-state index contributed by atoms with van der Waals surface area (Å²) in [7, 11) is 0. The molecule has 0 aliphatic rings. The Kier molecular flexibility index (Phi) is 6.40. The van der Waals surface area contributed by atoms with Gasteiger partial charge in [0.15, 0.2) is 0 Å². The van der Waals surface area contributed by atoms with Gasteiger partial charge < -0.3 is 10.5 Å². The Morgan fingerprint density at radius 3 is 2.52 bits per heavy atom. The molecule has 0 aliphatic carbocycles. The molecule has 0 aromatic carbocycles. The maximum atomic E-state index is 12.5. The van der Waals surface area contributed by atoms with Crippen LogP contribution >= 0.6 is 0 Å². The van der Waals surface area contributed by atoms with E-state index in [-0.39, 0.29) is 18.4 Å². The van der Waals surface area contributed by atoms with Crippen molar-refractivity contribution < 1.29 is 9.53 Å². The van der Waals surface area contributed by atoms with E-state index in [0.717, 1.165) is 24.4 Å². The van der Waals surface area contributed by atoms with Crippen molar-refractivity contribution in [1.29, 1.82) is 0 Å². The van der Waals surface area contributed by atoms with Crippen molar-refractivity contribution in [2.45, 2.75) is 54.0 Å². The molecule has 0 saturated heterocycles. The van der Waals surface area contributed by atoms with Gasteiger partial charge in [0, 0.05) is 25.2 Å². The summed E-state index contributed by atoms with van der Waals surface area (Å²) in [5.41, 5.74) is 7.41. The zero-order valence-electron chi connectivity index (χ0n) is 14.0. The first-order valence-electron chi connectivity index (χ1n) is 7.87. The summed E-state index contributed by atoms with van der Waals surface area (Å²) >= 11 is 0. The van der Waals surface area contributed by atoms with Crippen molar-refractivity contribution in [1.82, 2.24) is 9.78 Å². The Bertz CT molecular complexity index is 468. The molecule has 0 spiro atoms. The van der Waals surface area contributed by atoms with Gasteiger partial charge in [-0.2, -0.15) is 5.10 Å². The normalized spacial score (nSPS) is 14.2. The Morgan fingerprint density at radius 1 is 1.43 bits per heavy atom. The van der Waals surface area contributed by atoms with E-state index in [1.807, 2.05) is 25.5 Å². The second-order valence-electron chi connectivity index (χ2n) is 5.71. The third kappa shape index (κ3) is 3.64. The molecular formula is C16H29N3O2. The molecule has 0 radical (unpaired) electrons. The predicted octanol–water partition coefficient (Wildman–Crippen LogP) is 2.17. The number of rotatable bonds is 8. The fourth-order valence-electron chi connectivity index (χ4n) is 2.61. The van der Waals surface area contributed by atoms with Crippen LogP contribution in [0, 0.1) is 11.3 Å². The van der Waals surface area contributed by atoms with Crippen LogP contribution in [0.1, 0.15) is 46.0 Å². The summed E-state index contributed by atoms with van der Waals surface area (Å²) in [6.07, 6.45) is 1.46. The fraction of sp³-hybridized carbons (Fsp3) is 0.750. The van der Waals surface area contributed by atoms with E-state index in [1.54, 1.807) is 0 Å². The lowest BCUT2D eigenvalue weighted by atomic mass is 9.73. The average molecular weight is 295 g/mol. The van der Waals surface area contributed by atoms with Gasteiger partial charge in [0.25, 0.3) is 0 Å². The second-order valence-corrected chi connectivity index (χ2v) is 5.71. The number of ether oxygens (including phenoxy) is 1. The summed E-state index contributed by atoms with van der Waals surface area (Å²) in [5, 5.41) is 4.55. The van der Waals surface area contributed by atoms with Crippen LogP contribution in [0.5, 0.6) is 0 Å². The number of carbonyl (C=O) groups excluding carboxylic acids is 1. The molecule has 0 amide bonds. The molecule has 1 unspecified atom stereocenters. The van der Waals surface area contributed by atoms with E-state index >= 15 is 0 Å². The largest absolute Gasteiger partial charge is 0.466 e. The van der Waals surface area contributed by atoms with Crippen LogP contribution < -0.4 is 5.73 Å². The van der Waals surface area contributed by atoms with Gasteiger partial charge >= 0.3 is 5.97 Å². The molecule has 1 heterocycles. The molecule has 0 fully saturated rings. The number of hydrogen-bond acceptors (Lipinski definition) is 4. The van der Waals surface area contributed by atoms with Gasteiger partial charge in [-0.1, -0.05) is 20.8 Å². The van der Waals surface area contributed by atoms with Gasteiger partial charge in [-0.25, -0.2) is 0 Å². The molecule has 2 N–H and O–H groups in total. The molecular weight excluding hydrogens is 266 g/mol. The third-order valence-electron chi connectivity index (χ3n) is 4.22. The van der Waals surface area contributed by atoms with Gasteiger partial charge in [0.1, 0.15) is 0 Å². The Labute approximate surface area is 127 Å². The highest BCUT2D eigenvalue weighted by Gasteiger charge is 2.42. The van der Waals surface area contributed by atoms with E-state index < -0.39 is 5.41 Å². The Morgan fingerprint density at radius 2 is 2.10 bits per heavy atom. The van der Waals surface area contributed by atoms with E-state index in [0.29, 0.717) is 13.0 Å². The average Bonchev–Trinajstić information content (AvgIpc) is 2.86. The van der Waals surface area contributed by atoms with Crippen LogP contribution in [0.4, 0.5) is 0 Å². The van der Waals surface area contributed by atoms with E-state index in [9.17, 15) is 4.79 Å². The van der Waals surface area contributed by atoms with E-state index in [2.05, 4.69) is 25.0 Å². The van der Waals surface area contributed by atoms with Crippen molar-refractivity contribution >= 4 is 5.97 Å². The van der Waals surface area contributed by atoms with E-state index in [1.165, 1.54) is 0 Å². The van der Waals surface area contributed by atoms with Crippen LogP contribution in [0.3, 0.4) is 0 Å². The highest BCUT2D eigenvalue weighted by Crippen LogP contribution is 2.33. The molecule has 0 bridgehead atoms. The molecule has 5 nitrogen and oxygen atoms in total. The van der Waals surface area contributed by atoms with Crippen LogP contribution in [-0.2, 0) is 28.9 Å². The molecule has 120 valence electrons. The lowest BCUT2D eigenvalue weighted by Gasteiger charge is -2.34.